The number of halogens is 1. The number of carbonyl (C=O) groups excluding carboxylic acids is 3. The molecule has 2 saturated heterocycles. The van der Waals surface area contributed by atoms with Gasteiger partial charge in [0, 0.05) is 45.0 Å². The molecule has 1 N–H and O–H groups in total. The first-order valence-corrected chi connectivity index (χ1v) is 16.6. The number of esters is 1. The fourth-order valence-electron chi connectivity index (χ4n) is 5.89. The van der Waals surface area contributed by atoms with Gasteiger partial charge in [-0.3, -0.25) is 19.4 Å². The average Bonchev–Trinajstić information content (AvgIpc) is 3.30. The van der Waals surface area contributed by atoms with Gasteiger partial charge in [0.2, 0.25) is 5.91 Å². The summed E-state index contributed by atoms with van der Waals surface area (Å²) in [4.78, 5) is 47.4. The molecule has 3 aromatic rings. The lowest BCUT2D eigenvalue weighted by molar-refractivity contribution is -0.124. The molecule has 0 spiro atoms. The van der Waals surface area contributed by atoms with Crippen LogP contribution in [0.3, 0.4) is 0 Å². The zero-order valence-corrected chi connectivity index (χ0v) is 28.3. The fourth-order valence-corrected chi connectivity index (χ4v) is 6.55. The number of anilines is 2. The van der Waals surface area contributed by atoms with E-state index in [1.54, 1.807) is 49.4 Å². The summed E-state index contributed by atoms with van der Waals surface area (Å²) in [5.74, 6) is -0.583. The van der Waals surface area contributed by atoms with E-state index in [1.807, 2.05) is 11.0 Å². The van der Waals surface area contributed by atoms with Crippen molar-refractivity contribution in [2.75, 3.05) is 63.2 Å². The molecule has 3 aromatic carbocycles. The van der Waals surface area contributed by atoms with E-state index < -0.39 is 12.0 Å². The summed E-state index contributed by atoms with van der Waals surface area (Å²) in [6, 6.07) is 21.2. The van der Waals surface area contributed by atoms with Gasteiger partial charge in [-0.2, -0.15) is 0 Å². The van der Waals surface area contributed by atoms with E-state index in [2.05, 4.69) is 39.4 Å². The van der Waals surface area contributed by atoms with Crippen LogP contribution >= 0.6 is 23.8 Å². The van der Waals surface area contributed by atoms with E-state index in [0.717, 1.165) is 45.7 Å². The van der Waals surface area contributed by atoms with Crippen molar-refractivity contribution in [1.29, 1.82) is 0 Å². The number of amides is 2. The van der Waals surface area contributed by atoms with E-state index >= 15 is 0 Å². The second-order valence-corrected chi connectivity index (χ2v) is 12.3. The van der Waals surface area contributed by atoms with Crippen LogP contribution in [-0.4, -0.2) is 96.6 Å². The van der Waals surface area contributed by atoms with Gasteiger partial charge in [0.25, 0.3) is 5.91 Å². The Labute approximate surface area is 286 Å². The van der Waals surface area contributed by atoms with Gasteiger partial charge >= 0.3 is 5.97 Å². The maximum absolute atomic E-state index is 13.9. The van der Waals surface area contributed by atoms with Crippen molar-refractivity contribution in [2.24, 2.45) is 0 Å². The Morgan fingerprint density at radius 3 is 2.32 bits per heavy atom. The SMILES string of the molecule is CCOC(=O)c1ccc(NC(=O)CC2C(=O)N(c3ccc(OC)c(Cl)c3)C(=S)N2CCCN2CCN(Cc3ccccc3)CC2)cc1. The summed E-state index contributed by atoms with van der Waals surface area (Å²) >= 11 is 12.3. The summed E-state index contributed by atoms with van der Waals surface area (Å²) in [7, 11) is 1.52. The Balaban J connectivity index is 1.23. The first kappa shape index (κ1) is 34.3. The number of hydrogen-bond acceptors (Lipinski definition) is 8. The first-order valence-electron chi connectivity index (χ1n) is 15.8. The molecule has 2 aliphatic rings. The summed E-state index contributed by atoms with van der Waals surface area (Å²) in [6.07, 6.45) is 0.675. The highest BCUT2D eigenvalue weighted by atomic mass is 35.5. The van der Waals surface area contributed by atoms with Crippen LogP contribution < -0.4 is 15.0 Å². The molecule has 0 bridgehead atoms. The maximum atomic E-state index is 13.9. The van der Waals surface area contributed by atoms with Gasteiger partial charge in [-0.25, -0.2) is 4.79 Å². The van der Waals surface area contributed by atoms with Crippen LogP contribution in [0.4, 0.5) is 11.4 Å². The monoisotopic (exact) mass is 677 g/mol. The van der Waals surface area contributed by atoms with Crippen molar-refractivity contribution in [3.63, 3.8) is 0 Å². The molecule has 12 heteroatoms. The summed E-state index contributed by atoms with van der Waals surface area (Å²) in [6.45, 7) is 8.25. The number of methoxy groups -OCH3 is 1. The highest BCUT2D eigenvalue weighted by Gasteiger charge is 2.44. The first-order chi connectivity index (χ1) is 22.8. The molecule has 0 aromatic heterocycles. The van der Waals surface area contributed by atoms with Crippen molar-refractivity contribution >= 4 is 58.1 Å². The Hall–Kier alpha value is -4.03. The molecular formula is C35H40ClN5O5S. The number of nitrogens with zero attached hydrogens (tertiary/aromatic N) is 4. The quantitative estimate of drug-likeness (QED) is 0.197. The minimum Gasteiger partial charge on any atom is -0.495 e. The second kappa shape index (κ2) is 16.2. The molecule has 5 rings (SSSR count). The lowest BCUT2D eigenvalue weighted by Gasteiger charge is -2.35. The highest BCUT2D eigenvalue weighted by Crippen LogP contribution is 2.33. The largest absolute Gasteiger partial charge is 0.495 e. The number of thiocarbonyl (C=S) groups is 1. The van der Waals surface area contributed by atoms with Crippen LogP contribution in [0.1, 0.15) is 35.7 Å². The second-order valence-electron chi connectivity index (χ2n) is 11.5. The van der Waals surface area contributed by atoms with E-state index in [-0.39, 0.29) is 24.8 Å². The van der Waals surface area contributed by atoms with Gasteiger partial charge in [0.1, 0.15) is 11.8 Å². The molecule has 10 nitrogen and oxygen atoms in total. The van der Waals surface area contributed by atoms with Crippen LogP contribution in [0.2, 0.25) is 5.02 Å². The minimum atomic E-state index is -0.787. The molecule has 0 aliphatic carbocycles. The van der Waals surface area contributed by atoms with E-state index in [4.69, 9.17) is 33.3 Å². The summed E-state index contributed by atoms with van der Waals surface area (Å²) in [5.41, 5.74) is 2.73. The summed E-state index contributed by atoms with van der Waals surface area (Å²) in [5, 5.41) is 3.54. The van der Waals surface area contributed by atoms with Crippen molar-refractivity contribution in [2.45, 2.75) is 32.4 Å². The van der Waals surface area contributed by atoms with Crippen LogP contribution in [0.5, 0.6) is 5.75 Å². The number of hydrogen-bond donors (Lipinski definition) is 1. The Morgan fingerprint density at radius 2 is 1.66 bits per heavy atom. The molecule has 0 saturated carbocycles. The van der Waals surface area contributed by atoms with E-state index in [9.17, 15) is 14.4 Å². The molecule has 2 fully saturated rings. The molecule has 1 unspecified atom stereocenters. The molecule has 2 aliphatic heterocycles. The van der Waals surface area contributed by atoms with Crippen LogP contribution in [-0.2, 0) is 20.9 Å². The Bertz CT molecular complexity index is 1570. The zero-order valence-electron chi connectivity index (χ0n) is 26.7. The topological polar surface area (TPSA) is 94.7 Å². The number of nitrogens with one attached hydrogen (secondary N) is 1. The number of benzene rings is 3. The molecule has 47 heavy (non-hydrogen) atoms. The standard InChI is InChI=1S/C35H40ClN5O5S/c1-3-46-34(44)26-10-12-27(13-11-26)37-32(42)23-30-33(43)41(28-14-15-31(45-2)29(36)22-28)35(47)40(30)17-7-16-38-18-20-39(21-19-38)24-25-8-5-4-6-9-25/h4-6,8-15,22,30H,3,7,16-21,23-24H2,1-2H3,(H,37,42). The minimum absolute atomic E-state index is 0.100. The molecule has 2 heterocycles. The van der Waals surface area contributed by atoms with Gasteiger partial charge in [-0.05, 0) is 80.1 Å². The van der Waals surface area contributed by atoms with Crippen LogP contribution in [0.25, 0.3) is 0 Å². The smallest absolute Gasteiger partial charge is 0.338 e. The molecular weight excluding hydrogens is 638 g/mol. The molecule has 248 valence electrons. The average molecular weight is 678 g/mol. The van der Waals surface area contributed by atoms with Crippen LogP contribution in [0, 0.1) is 0 Å². The fraction of sp³-hybridized carbons (Fsp3) is 0.371. The number of piperazine rings is 1. The van der Waals surface area contributed by atoms with Crippen molar-refractivity contribution in [3.8, 4) is 5.75 Å². The Kier molecular flexibility index (Phi) is 11.8. The predicted molar refractivity (Wildman–Crippen MR) is 187 cm³/mol. The van der Waals surface area contributed by atoms with E-state index in [0.29, 0.717) is 39.4 Å². The normalized spacial score (nSPS) is 17.2. The van der Waals surface area contributed by atoms with E-state index in [1.165, 1.54) is 17.6 Å². The highest BCUT2D eigenvalue weighted by molar-refractivity contribution is 7.80. The Morgan fingerprint density at radius 1 is 0.957 bits per heavy atom. The van der Waals surface area contributed by atoms with Gasteiger partial charge in [0.15, 0.2) is 5.11 Å². The van der Waals surface area contributed by atoms with Crippen molar-refractivity contribution in [1.82, 2.24) is 14.7 Å². The van der Waals surface area contributed by atoms with Gasteiger partial charge < -0.3 is 24.6 Å². The van der Waals surface area contributed by atoms with Gasteiger partial charge in [-0.1, -0.05) is 41.9 Å². The summed E-state index contributed by atoms with van der Waals surface area (Å²) < 4.78 is 10.3. The number of ether oxygens (including phenoxy) is 2. The lowest BCUT2D eigenvalue weighted by atomic mass is 10.1. The third kappa shape index (κ3) is 8.66. The molecule has 0 radical (unpaired) electrons. The number of carbonyl (C=O) groups is 3. The van der Waals surface area contributed by atoms with Gasteiger partial charge in [-0.15, -0.1) is 0 Å². The third-order valence-corrected chi connectivity index (χ3v) is 9.07. The lowest BCUT2D eigenvalue weighted by Crippen LogP contribution is -2.47. The molecule has 2 amide bonds. The van der Waals surface area contributed by atoms with Crippen LogP contribution in [0.15, 0.2) is 72.8 Å². The van der Waals surface area contributed by atoms with Crippen molar-refractivity contribution in [3.05, 3.63) is 88.9 Å². The maximum Gasteiger partial charge on any atom is 0.338 e. The van der Waals surface area contributed by atoms with Crippen molar-refractivity contribution < 1.29 is 23.9 Å². The van der Waals surface area contributed by atoms with Gasteiger partial charge in [0.05, 0.1) is 36.4 Å². The number of rotatable bonds is 13. The predicted octanol–water partition coefficient (Wildman–Crippen LogP) is 5.06. The third-order valence-electron chi connectivity index (χ3n) is 8.36. The zero-order chi connectivity index (χ0) is 33.3. The molecule has 1 atom stereocenters.